The Labute approximate surface area is 140 Å². The summed E-state index contributed by atoms with van der Waals surface area (Å²) in [5, 5.41) is 4.95. The van der Waals surface area contributed by atoms with Gasteiger partial charge in [-0.3, -0.25) is 19.2 Å². The third kappa shape index (κ3) is 6.91. The fourth-order valence-corrected chi connectivity index (χ4v) is 2.15. The molecule has 0 unspecified atom stereocenters. The minimum atomic E-state index is -0.965. The minimum Gasteiger partial charge on any atom is -0.370 e. The molecular formula is C16H22N4O4. The van der Waals surface area contributed by atoms with E-state index in [1.807, 2.05) is 18.2 Å². The van der Waals surface area contributed by atoms with Crippen molar-refractivity contribution in [3.63, 3.8) is 0 Å². The second-order valence-electron chi connectivity index (χ2n) is 5.41. The number of carbonyl (C=O) groups excluding carboxylic acids is 4. The summed E-state index contributed by atoms with van der Waals surface area (Å²) < 4.78 is 0. The summed E-state index contributed by atoms with van der Waals surface area (Å²) in [6, 6.07) is 7.17. The van der Waals surface area contributed by atoms with E-state index in [9.17, 15) is 19.2 Å². The van der Waals surface area contributed by atoms with E-state index in [1.165, 1.54) is 6.92 Å². The lowest BCUT2D eigenvalue weighted by Crippen LogP contribution is -2.53. The van der Waals surface area contributed by atoms with Gasteiger partial charge in [-0.25, -0.2) is 0 Å². The van der Waals surface area contributed by atoms with E-state index >= 15 is 0 Å². The number of hydrogen-bond donors (Lipinski definition) is 4. The van der Waals surface area contributed by atoms with Crippen LogP contribution in [0.2, 0.25) is 0 Å². The quantitative estimate of drug-likeness (QED) is 0.457. The highest BCUT2D eigenvalue weighted by Crippen LogP contribution is 2.05. The third-order valence-corrected chi connectivity index (χ3v) is 3.32. The molecule has 0 aliphatic carbocycles. The van der Waals surface area contributed by atoms with Crippen molar-refractivity contribution < 1.29 is 19.2 Å². The van der Waals surface area contributed by atoms with Crippen LogP contribution in [-0.4, -0.2) is 35.7 Å². The zero-order chi connectivity index (χ0) is 18.1. The number of rotatable bonds is 9. The lowest BCUT2D eigenvalue weighted by molar-refractivity contribution is -0.131. The summed E-state index contributed by atoms with van der Waals surface area (Å²) in [4.78, 5) is 46.0. The summed E-state index contributed by atoms with van der Waals surface area (Å²) >= 11 is 0. The average Bonchev–Trinajstić information content (AvgIpc) is 2.51. The molecule has 4 amide bonds. The van der Waals surface area contributed by atoms with Crippen LogP contribution in [0.1, 0.15) is 25.3 Å². The van der Waals surface area contributed by atoms with Crippen LogP contribution in [0.4, 0.5) is 0 Å². The van der Waals surface area contributed by atoms with Gasteiger partial charge in [0.1, 0.15) is 12.1 Å². The van der Waals surface area contributed by atoms with E-state index in [0.29, 0.717) is 0 Å². The van der Waals surface area contributed by atoms with E-state index in [4.69, 9.17) is 11.5 Å². The maximum atomic E-state index is 12.3. The summed E-state index contributed by atoms with van der Waals surface area (Å²) in [6.07, 6.45) is 0.195. The first-order valence-electron chi connectivity index (χ1n) is 7.48. The Morgan fingerprint density at radius 1 is 1.00 bits per heavy atom. The van der Waals surface area contributed by atoms with Crippen LogP contribution < -0.4 is 22.1 Å². The molecular weight excluding hydrogens is 312 g/mol. The van der Waals surface area contributed by atoms with Crippen LogP contribution in [0.5, 0.6) is 0 Å². The molecule has 0 aromatic heterocycles. The molecule has 0 spiro atoms. The predicted octanol–water partition coefficient (Wildman–Crippen LogP) is -1.03. The largest absolute Gasteiger partial charge is 0.370 e. The molecule has 0 saturated heterocycles. The number of hydrogen-bond acceptors (Lipinski definition) is 4. The topological polar surface area (TPSA) is 144 Å². The molecule has 1 aromatic rings. The normalized spacial score (nSPS) is 12.7. The van der Waals surface area contributed by atoms with Crippen LogP contribution in [0.3, 0.4) is 0 Å². The molecule has 0 bridgehead atoms. The zero-order valence-corrected chi connectivity index (χ0v) is 13.5. The second-order valence-corrected chi connectivity index (χ2v) is 5.41. The standard InChI is InChI=1S/C16H22N4O4/c1-10(21)19-12(7-8-14(17)22)16(24)20-13(15(18)23)9-11-5-3-2-4-6-11/h2-6,12-13H,7-9H2,1H3,(H2,17,22)(H2,18,23)(H,19,21)(H,20,24)/t12-,13-/m0/s1. The van der Waals surface area contributed by atoms with Gasteiger partial charge in [-0.05, 0) is 12.0 Å². The van der Waals surface area contributed by atoms with Crippen LogP contribution in [0, 0.1) is 0 Å². The predicted molar refractivity (Wildman–Crippen MR) is 87.3 cm³/mol. The molecule has 8 nitrogen and oxygen atoms in total. The third-order valence-electron chi connectivity index (χ3n) is 3.32. The molecule has 1 aromatic carbocycles. The van der Waals surface area contributed by atoms with Gasteiger partial charge in [0.25, 0.3) is 0 Å². The fraction of sp³-hybridized carbons (Fsp3) is 0.375. The van der Waals surface area contributed by atoms with Gasteiger partial charge in [-0.1, -0.05) is 30.3 Å². The van der Waals surface area contributed by atoms with Gasteiger partial charge in [-0.2, -0.15) is 0 Å². The molecule has 0 saturated carbocycles. The highest BCUT2D eigenvalue weighted by Gasteiger charge is 2.25. The van der Waals surface area contributed by atoms with Gasteiger partial charge in [0.2, 0.25) is 23.6 Å². The number of nitrogens with one attached hydrogen (secondary N) is 2. The Bertz CT molecular complexity index is 603. The monoisotopic (exact) mass is 334 g/mol. The molecule has 0 radical (unpaired) electrons. The summed E-state index contributed by atoms with van der Waals surface area (Å²) in [7, 11) is 0. The number of nitrogens with two attached hydrogens (primary N) is 2. The van der Waals surface area contributed by atoms with E-state index in [-0.39, 0.29) is 19.3 Å². The number of carbonyl (C=O) groups is 4. The van der Waals surface area contributed by atoms with Crippen molar-refractivity contribution in [1.29, 1.82) is 0 Å². The van der Waals surface area contributed by atoms with Crippen molar-refractivity contribution in [2.24, 2.45) is 11.5 Å². The molecule has 0 fully saturated rings. The smallest absolute Gasteiger partial charge is 0.243 e. The molecule has 24 heavy (non-hydrogen) atoms. The van der Waals surface area contributed by atoms with Crippen molar-refractivity contribution in [3.8, 4) is 0 Å². The molecule has 0 aliphatic rings. The average molecular weight is 334 g/mol. The van der Waals surface area contributed by atoms with Crippen LogP contribution >= 0.6 is 0 Å². The van der Waals surface area contributed by atoms with Crippen molar-refractivity contribution in [2.45, 2.75) is 38.3 Å². The number of amides is 4. The Balaban J connectivity index is 2.77. The first-order chi connectivity index (χ1) is 11.3. The first kappa shape index (κ1) is 19.1. The van der Waals surface area contributed by atoms with Gasteiger partial charge < -0.3 is 22.1 Å². The van der Waals surface area contributed by atoms with Gasteiger partial charge in [-0.15, -0.1) is 0 Å². The number of primary amides is 2. The first-order valence-corrected chi connectivity index (χ1v) is 7.48. The highest BCUT2D eigenvalue weighted by molar-refractivity contribution is 5.91. The Kier molecular flexibility index (Phi) is 7.41. The SMILES string of the molecule is CC(=O)N[C@@H](CCC(N)=O)C(=O)N[C@@H](Cc1ccccc1)C(N)=O. The molecule has 1 rings (SSSR count). The molecule has 2 atom stereocenters. The summed E-state index contributed by atoms with van der Waals surface area (Å²) in [5.41, 5.74) is 11.2. The van der Waals surface area contributed by atoms with E-state index in [2.05, 4.69) is 10.6 Å². The van der Waals surface area contributed by atoms with Crippen molar-refractivity contribution >= 4 is 23.6 Å². The molecule has 0 heterocycles. The maximum absolute atomic E-state index is 12.3. The minimum absolute atomic E-state index is 0.0393. The fourth-order valence-electron chi connectivity index (χ4n) is 2.15. The van der Waals surface area contributed by atoms with Gasteiger partial charge >= 0.3 is 0 Å². The van der Waals surface area contributed by atoms with Crippen molar-refractivity contribution in [2.75, 3.05) is 0 Å². The second kappa shape index (κ2) is 9.29. The Morgan fingerprint density at radius 2 is 1.62 bits per heavy atom. The van der Waals surface area contributed by atoms with Crippen molar-refractivity contribution in [1.82, 2.24) is 10.6 Å². The van der Waals surface area contributed by atoms with E-state index in [0.717, 1.165) is 5.56 Å². The Morgan fingerprint density at radius 3 is 2.12 bits per heavy atom. The maximum Gasteiger partial charge on any atom is 0.243 e. The summed E-state index contributed by atoms with van der Waals surface area (Å²) in [6.45, 7) is 1.25. The lowest BCUT2D eigenvalue weighted by atomic mass is 10.0. The van der Waals surface area contributed by atoms with Crippen LogP contribution in [0.25, 0.3) is 0 Å². The molecule has 0 aliphatic heterocycles. The molecule has 130 valence electrons. The van der Waals surface area contributed by atoms with Gasteiger partial charge in [0.05, 0.1) is 0 Å². The van der Waals surface area contributed by atoms with Gasteiger partial charge in [0, 0.05) is 19.8 Å². The van der Waals surface area contributed by atoms with Crippen LogP contribution in [-0.2, 0) is 25.6 Å². The number of benzene rings is 1. The van der Waals surface area contributed by atoms with Crippen molar-refractivity contribution in [3.05, 3.63) is 35.9 Å². The zero-order valence-electron chi connectivity index (χ0n) is 13.5. The lowest BCUT2D eigenvalue weighted by Gasteiger charge is -2.21. The van der Waals surface area contributed by atoms with E-state index < -0.39 is 35.7 Å². The Hall–Kier alpha value is -2.90. The molecule has 8 heteroatoms. The molecule has 6 N–H and O–H groups in total. The highest BCUT2D eigenvalue weighted by atomic mass is 16.2. The van der Waals surface area contributed by atoms with E-state index in [1.54, 1.807) is 12.1 Å². The van der Waals surface area contributed by atoms with Gasteiger partial charge in [0.15, 0.2) is 0 Å². The summed E-state index contributed by atoms with van der Waals surface area (Å²) in [5.74, 6) is -2.30. The van der Waals surface area contributed by atoms with Crippen LogP contribution in [0.15, 0.2) is 30.3 Å².